The molecule has 0 unspecified atom stereocenters. The summed E-state index contributed by atoms with van der Waals surface area (Å²) in [6, 6.07) is 56.2. The van der Waals surface area contributed by atoms with Crippen LogP contribution in [0.5, 0.6) is 0 Å². The number of hydrogen-bond donors (Lipinski definition) is 0. The van der Waals surface area contributed by atoms with E-state index in [-0.39, 0.29) is 0 Å². The van der Waals surface area contributed by atoms with Gasteiger partial charge in [-0.3, -0.25) is 0 Å². The molecule has 0 saturated carbocycles. The van der Waals surface area contributed by atoms with Crippen molar-refractivity contribution in [2.24, 2.45) is 0 Å². The molecule has 40 heavy (non-hydrogen) atoms. The van der Waals surface area contributed by atoms with E-state index in [0.29, 0.717) is 0 Å². The van der Waals surface area contributed by atoms with Gasteiger partial charge in [0.2, 0.25) is 0 Å². The molecule has 0 aliphatic carbocycles. The molecule has 0 radical (unpaired) electrons. The van der Waals surface area contributed by atoms with Gasteiger partial charge in [-0.15, -0.1) is 0 Å². The Kier molecular flexibility index (Phi) is 7.15. The van der Waals surface area contributed by atoms with Gasteiger partial charge in [-0.25, -0.2) is 0 Å². The predicted molar refractivity (Wildman–Crippen MR) is 171 cm³/mol. The van der Waals surface area contributed by atoms with Gasteiger partial charge in [0, 0.05) is 34.1 Å². The summed E-state index contributed by atoms with van der Waals surface area (Å²) >= 11 is 0. The van der Waals surface area contributed by atoms with Crippen molar-refractivity contribution < 1.29 is 0 Å². The van der Waals surface area contributed by atoms with Gasteiger partial charge in [-0.1, -0.05) is 96.1 Å². The van der Waals surface area contributed by atoms with Gasteiger partial charge in [0.25, 0.3) is 0 Å². The second kappa shape index (κ2) is 11.3. The first-order valence-electron chi connectivity index (χ1n) is 13.7. The molecule has 0 fully saturated rings. The van der Waals surface area contributed by atoms with Crippen molar-refractivity contribution in [3.63, 3.8) is 0 Å². The third-order valence-corrected chi connectivity index (χ3v) is 7.16. The van der Waals surface area contributed by atoms with Crippen LogP contribution in [0.1, 0.15) is 11.1 Å². The lowest BCUT2D eigenvalue weighted by atomic mass is 10.0. The summed E-state index contributed by atoms with van der Waals surface area (Å²) in [5.74, 6) is 0. The molecule has 6 rings (SSSR count). The molecule has 0 bridgehead atoms. The monoisotopic (exact) mass is 516 g/mol. The summed E-state index contributed by atoms with van der Waals surface area (Å²) in [5, 5.41) is 0. The van der Waals surface area contributed by atoms with E-state index in [1.165, 1.54) is 22.3 Å². The highest BCUT2D eigenvalue weighted by Gasteiger charge is 2.15. The Balaban J connectivity index is 1.43. The van der Waals surface area contributed by atoms with Crippen LogP contribution in [0.15, 0.2) is 158 Å². The Bertz CT molecular complexity index is 1600. The minimum Gasteiger partial charge on any atom is -0.310 e. The second-order valence-corrected chi connectivity index (χ2v) is 10.1. The summed E-state index contributed by atoms with van der Waals surface area (Å²) in [6.07, 6.45) is 0. The van der Waals surface area contributed by atoms with E-state index in [1.807, 2.05) is 0 Å². The Morgan fingerprint density at radius 3 is 1.00 bits per heavy atom. The van der Waals surface area contributed by atoms with Crippen molar-refractivity contribution in [1.29, 1.82) is 0 Å². The van der Waals surface area contributed by atoms with Crippen molar-refractivity contribution in [3.8, 4) is 11.1 Å². The maximum absolute atomic E-state index is 2.33. The number of para-hydroxylation sites is 2. The topological polar surface area (TPSA) is 6.48 Å². The highest BCUT2D eigenvalue weighted by molar-refractivity contribution is 5.83. The van der Waals surface area contributed by atoms with Gasteiger partial charge < -0.3 is 9.80 Å². The Morgan fingerprint density at radius 1 is 0.300 bits per heavy atom. The summed E-state index contributed by atoms with van der Waals surface area (Å²) in [4.78, 5) is 4.63. The first-order valence-corrected chi connectivity index (χ1v) is 13.7. The van der Waals surface area contributed by atoms with Gasteiger partial charge in [-0.05, 0) is 97.8 Å². The minimum atomic E-state index is 1.12. The summed E-state index contributed by atoms with van der Waals surface area (Å²) in [6.45, 7) is 4.25. The maximum Gasteiger partial charge on any atom is 0.0467 e. The average molecular weight is 517 g/mol. The molecule has 2 heteroatoms. The fourth-order valence-corrected chi connectivity index (χ4v) is 5.09. The Morgan fingerprint density at radius 2 is 0.625 bits per heavy atom. The normalized spacial score (nSPS) is 10.8. The quantitative estimate of drug-likeness (QED) is 0.208. The van der Waals surface area contributed by atoms with Gasteiger partial charge in [-0.2, -0.15) is 0 Å². The smallest absolute Gasteiger partial charge is 0.0467 e. The second-order valence-electron chi connectivity index (χ2n) is 10.1. The fraction of sp³-hybridized carbons (Fsp3) is 0.0526. The number of anilines is 6. The molecule has 6 aromatic rings. The van der Waals surface area contributed by atoms with Crippen LogP contribution in [0, 0.1) is 13.8 Å². The van der Waals surface area contributed by atoms with Crippen LogP contribution in [0.25, 0.3) is 11.1 Å². The lowest BCUT2D eigenvalue weighted by Gasteiger charge is -2.27. The molecular formula is C38H32N2. The number of hydrogen-bond acceptors (Lipinski definition) is 2. The molecule has 194 valence electrons. The van der Waals surface area contributed by atoms with Crippen LogP contribution < -0.4 is 9.80 Å². The van der Waals surface area contributed by atoms with E-state index in [2.05, 4.69) is 181 Å². The van der Waals surface area contributed by atoms with Crippen LogP contribution in [-0.2, 0) is 0 Å². The van der Waals surface area contributed by atoms with E-state index < -0.39 is 0 Å². The highest BCUT2D eigenvalue weighted by Crippen LogP contribution is 2.39. The molecule has 0 atom stereocenters. The van der Waals surface area contributed by atoms with Gasteiger partial charge in [0.1, 0.15) is 0 Å². The number of benzene rings is 6. The van der Waals surface area contributed by atoms with Crippen LogP contribution in [0.3, 0.4) is 0 Å². The largest absolute Gasteiger partial charge is 0.310 e. The van der Waals surface area contributed by atoms with Crippen LogP contribution in [0.4, 0.5) is 34.1 Å². The van der Waals surface area contributed by atoms with Crippen molar-refractivity contribution in [2.75, 3.05) is 9.80 Å². The fourth-order valence-electron chi connectivity index (χ4n) is 5.09. The van der Waals surface area contributed by atoms with E-state index in [9.17, 15) is 0 Å². The standard InChI is InChI=1S/C38H32N2/c1-29-19-23-35(24-20-29)40(36-25-21-30(2)22-26-36)38-18-10-12-32(28-38)31-11-9-17-37(27-31)39(33-13-5-3-6-14-33)34-15-7-4-8-16-34/h3-28H,1-2H3. The molecule has 2 nitrogen and oxygen atoms in total. The molecule has 6 aromatic carbocycles. The molecule has 0 heterocycles. The zero-order valence-corrected chi connectivity index (χ0v) is 22.9. The Labute approximate surface area is 237 Å². The maximum atomic E-state index is 2.33. The van der Waals surface area contributed by atoms with Crippen molar-refractivity contribution in [2.45, 2.75) is 13.8 Å². The molecule has 0 N–H and O–H groups in total. The van der Waals surface area contributed by atoms with Crippen LogP contribution >= 0.6 is 0 Å². The first kappa shape index (κ1) is 25.2. The average Bonchev–Trinajstić information content (AvgIpc) is 3.01. The summed E-state index contributed by atoms with van der Waals surface area (Å²) < 4.78 is 0. The lowest BCUT2D eigenvalue weighted by Crippen LogP contribution is -2.10. The number of rotatable bonds is 7. The van der Waals surface area contributed by atoms with E-state index in [0.717, 1.165) is 34.1 Å². The number of nitrogens with zero attached hydrogens (tertiary/aromatic N) is 2. The third-order valence-electron chi connectivity index (χ3n) is 7.16. The SMILES string of the molecule is Cc1ccc(N(c2ccc(C)cc2)c2cccc(-c3cccc(N(c4ccccc4)c4ccccc4)c3)c2)cc1. The van der Waals surface area contributed by atoms with Crippen molar-refractivity contribution in [3.05, 3.63) is 169 Å². The molecule has 0 aliphatic heterocycles. The minimum absolute atomic E-state index is 1.12. The molecule has 0 saturated heterocycles. The zero-order chi connectivity index (χ0) is 27.3. The van der Waals surface area contributed by atoms with E-state index in [1.54, 1.807) is 0 Å². The lowest BCUT2D eigenvalue weighted by molar-refractivity contribution is 1.27. The highest BCUT2D eigenvalue weighted by atomic mass is 15.1. The molecule has 0 spiro atoms. The molecule has 0 aliphatic rings. The molecule has 0 amide bonds. The van der Waals surface area contributed by atoms with Gasteiger partial charge in [0.05, 0.1) is 0 Å². The molecule has 0 aromatic heterocycles. The van der Waals surface area contributed by atoms with Crippen LogP contribution in [0.2, 0.25) is 0 Å². The zero-order valence-electron chi connectivity index (χ0n) is 22.9. The van der Waals surface area contributed by atoms with Gasteiger partial charge >= 0.3 is 0 Å². The Hall–Kier alpha value is -5.08. The summed E-state index contributed by atoms with van der Waals surface area (Å²) in [7, 11) is 0. The third kappa shape index (κ3) is 5.39. The molecular weight excluding hydrogens is 484 g/mol. The predicted octanol–water partition coefficient (Wildman–Crippen LogP) is 10.9. The van der Waals surface area contributed by atoms with Gasteiger partial charge in [0.15, 0.2) is 0 Å². The van der Waals surface area contributed by atoms with Crippen molar-refractivity contribution >= 4 is 34.1 Å². The van der Waals surface area contributed by atoms with E-state index in [4.69, 9.17) is 0 Å². The van der Waals surface area contributed by atoms with E-state index >= 15 is 0 Å². The van der Waals surface area contributed by atoms with Crippen molar-refractivity contribution in [1.82, 2.24) is 0 Å². The number of aryl methyl sites for hydroxylation is 2. The first-order chi connectivity index (χ1) is 19.7. The van der Waals surface area contributed by atoms with Crippen LogP contribution in [-0.4, -0.2) is 0 Å². The summed E-state index contributed by atoms with van der Waals surface area (Å²) in [5.41, 5.74) is 11.6.